The van der Waals surface area contributed by atoms with Gasteiger partial charge in [-0.3, -0.25) is 0 Å². The zero-order chi connectivity index (χ0) is 13.3. The van der Waals surface area contributed by atoms with E-state index in [1.165, 1.54) is 0 Å². The van der Waals surface area contributed by atoms with Gasteiger partial charge in [0.1, 0.15) is 0 Å². The van der Waals surface area contributed by atoms with Crippen molar-refractivity contribution >= 4 is 0 Å². The van der Waals surface area contributed by atoms with Gasteiger partial charge >= 0.3 is 0 Å². The van der Waals surface area contributed by atoms with E-state index in [0.29, 0.717) is 31.5 Å². The Kier molecular flexibility index (Phi) is 3.56. The van der Waals surface area contributed by atoms with Gasteiger partial charge in [-0.25, -0.2) is 0 Å². The highest BCUT2D eigenvalue weighted by atomic mass is 16.6. The van der Waals surface area contributed by atoms with Crippen molar-refractivity contribution in [1.82, 2.24) is 10.1 Å². The topological polar surface area (TPSA) is 83.4 Å². The average molecular weight is 267 g/mol. The molecule has 6 nitrogen and oxygen atoms in total. The molecule has 19 heavy (non-hydrogen) atoms. The largest absolute Gasteiger partial charge is 0.376 e. The Labute approximate surface area is 112 Å². The molecule has 1 aliphatic heterocycles. The summed E-state index contributed by atoms with van der Waals surface area (Å²) < 4.78 is 16.2. The van der Waals surface area contributed by atoms with Gasteiger partial charge in [0, 0.05) is 0 Å². The summed E-state index contributed by atoms with van der Waals surface area (Å²) in [6.45, 7) is 3.91. The molecule has 0 radical (unpaired) electrons. The second-order valence-electron chi connectivity index (χ2n) is 5.73. The summed E-state index contributed by atoms with van der Waals surface area (Å²) >= 11 is 0. The lowest BCUT2D eigenvalue weighted by atomic mass is 9.77. The first-order valence-corrected chi connectivity index (χ1v) is 7.00. The molecule has 2 heterocycles. The number of nitrogens with two attached hydrogens (primary N) is 1. The van der Waals surface area contributed by atoms with Crippen LogP contribution in [0.5, 0.6) is 0 Å². The van der Waals surface area contributed by atoms with Gasteiger partial charge in [-0.15, -0.1) is 0 Å². The first-order chi connectivity index (χ1) is 9.17. The highest BCUT2D eigenvalue weighted by molar-refractivity contribution is 5.06. The van der Waals surface area contributed by atoms with Crippen molar-refractivity contribution in [2.75, 3.05) is 19.8 Å². The molecular formula is C13H21N3O3. The van der Waals surface area contributed by atoms with Crippen LogP contribution in [0.15, 0.2) is 4.52 Å². The molecule has 1 atom stereocenters. The van der Waals surface area contributed by atoms with E-state index >= 15 is 0 Å². The molecule has 2 aliphatic rings. The van der Waals surface area contributed by atoms with Crippen molar-refractivity contribution in [3.05, 3.63) is 11.7 Å². The molecule has 1 aromatic rings. The highest BCUT2D eigenvalue weighted by Crippen LogP contribution is 2.36. The predicted octanol–water partition coefficient (Wildman–Crippen LogP) is 1.52. The van der Waals surface area contributed by atoms with Crippen LogP contribution in [0.3, 0.4) is 0 Å². The molecule has 0 bridgehead atoms. The van der Waals surface area contributed by atoms with Gasteiger partial charge in [0.15, 0.2) is 11.9 Å². The Hall–Kier alpha value is -0.980. The third-order valence-corrected chi connectivity index (χ3v) is 4.14. The summed E-state index contributed by atoms with van der Waals surface area (Å²) in [6, 6.07) is 0. The summed E-state index contributed by atoms with van der Waals surface area (Å²) in [5, 5.41) is 4.07. The van der Waals surface area contributed by atoms with E-state index in [0.717, 1.165) is 31.6 Å². The molecule has 0 aromatic carbocycles. The minimum atomic E-state index is -0.441. The normalized spacial score (nSPS) is 36.3. The van der Waals surface area contributed by atoms with Crippen LogP contribution < -0.4 is 5.73 Å². The van der Waals surface area contributed by atoms with Crippen LogP contribution in [0, 0.1) is 5.92 Å². The lowest BCUT2D eigenvalue weighted by Gasteiger charge is -2.33. The molecule has 3 rings (SSSR count). The molecule has 1 saturated heterocycles. The van der Waals surface area contributed by atoms with Gasteiger partial charge in [-0.1, -0.05) is 12.1 Å². The number of rotatable bonds is 2. The summed E-state index contributed by atoms with van der Waals surface area (Å²) in [4.78, 5) is 4.45. The summed E-state index contributed by atoms with van der Waals surface area (Å²) in [6.07, 6.45) is 3.80. The Bertz CT molecular complexity index is 421. The van der Waals surface area contributed by atoms with E-state index in [2.05, 4.69) is 17.1 Å². The Morgan fingerprint density at radius 2 is 2.05 bits per heavy atom. The molecule has 1 unspecified atom stereocenters. The molecule has 1 aliphatic carbocycles. The molecule has 2 N–H and O–H groups in total. The lowest BCUT2D eigenvalue weighted by molar-refractivity contribution is -0.101. The summed E-state index contributed by atoms with van der Waals surface area (Å²) in [5.74, 6) is 1.83. The second kappa shape index (κ2) is 5.19. The van der Waals surface area contributed by atoms with E-state index in [-0.39, 0.29) is 6.10 Å². The van der Waals surface area contributed by atoms with Gasteiger partial charge in [0.2, 0.25) is 0 Å². The van der Waals surface area contributed by atoms with Crippen LogP contribution >= 0.6 is 0 Å². The van der Waals surface area contributed by atoms with Crippen molar-refractivity contribution in [2.45, 2.75) is 44.2 Å². The molecule has 0 spiro atoms. The molecule has 6 heteroatoms. The smallest absolute Gasteiger partial charge is 0.258 e. The van der Waals surface area contributed by atoms with E-state index in [1.54, 1.807) is 0 Å². The third kappa shape index (κ3) is 2.66. The maximum atomic E-state index is 6.43. The maximum Gasteiger partial charge on any atom is 0.258 e. The molecule has 1 aromatic heterocycles. The standard InChI is InChI=1S/C13H21N3O3/c1-9-2-4-13(14,5-3-9)12-15-11(19-16-12)10-8-17-6-7-18-10/h9-10H,2-8,14H2,1H3. The van der Waals surface area contributed by atoms with Crippen LogP contribution in [0.1, 0.15) is 50.4 Å². The second-order valence-corrected chi connectivity index (χ2v) is 5.73. The Morgan fingerprint density at radius 3 is 2.74 bits per heavy atom. The summed E-state index contributed by atoms with van der Waals surface area (Å²) in [5.41, 5.74) is 5.99. The van der Waals surface area contributed by atoms with Crippen LogP contribution in [0.25, 0.3) is 0 Å². The monoisotopic (exact) mass is 267 g/mol. The highest BCUT2D eigenvalue weighted by Gasteiger charge is 2.37. The third-order valence-electron chi connectivity index (χ3n) is 4.14. The van der Waals surface area contributed by atoms with Crippen LogP contribution in [0.2, 0.25) is 0 Å². The van der Waals surface area contributed by atoms with Gasteiger partial charge in [0.05, 0.1) is 25.4 Å². The SMILES string of the molecule is CC1CCC(N)(c2noc(C3COCCO3)n2)CC1. The minimum Gasteiger partial charge on any atom is -0.376 e. The van der Waals surface area contributed by atoms with Crippen molar-refractivity contribution in [1.29, 1.82) is 0 Å². The van der Waals surface area contributed by atoms with Gasteiger partial charge in [-0.05, 0) is 31.6 Å². The zero-order valence-corrected chi connectivity index (χ0v) is 11.3. The van der Waals surface area contributed by atoms with Crippen molar-refractivity contribution in [3.63, 3.8) is 0 Å². The van der Waals surface area contributed by atoms with Crippen LogP contribution in [-0.4, -0.2) is 30.0 Å². The van der Waals surface area contributed by atoms with E-state index < -0.39 is 5.54 Å². The number of hydrogen-bond acceptors (Lipinski definition) is 6. The zero-order valence-electron chi connectivity index (χ0n) is 11.3. The van der Waals surface area contributed by atoms with E-state index in [4.69, 9.17) is 19.7 Å². The molecule has 106 valence electrons. The molecule has 0 amide bonds. The number of aromatic nitrogens is 2. The summed E-state index contributed by atoms with van der Waals surface area (Å²) in [7, 11) is 0. The fraction of sp³-hybridized carbons (Fsp3) is 0.846. The van der Waals surface area contributed by atoms with Gasteiger partial charge in [-0.2, -0.15) is 4.98 Å². The van der Waals surface area contributed by atoms with Gasteiger partial charge in [0.25, 0.3) is 5.89 Å². The average Bonchev–Trinajstić information content (AvgIpc) is 2.94. The van der Waals surface area contributed by atoms with E-state index in [1.807, 2.05) is 0 Å². The fourth-order valence-electron chi connectivity index (χ4n) is 2.70. The maximum absolute atomic E-state index is 6.43. The molecule has 2 fully saturated rings. The molecular weight excluding hydrogens is 246 g/mol. The van der Waals surface area contributed by atoms with E-state index in [9.17, 15) is 0 Å². The fourth-order valence-corrected chi connectivity index (χ4v) is 2.70. The number of hydrogen-bond donors (Lipinski definition) is 1. The van der Waals surface area contributed by atoms with Crippen LogP contribution in [-0.2, 0) is 15.0 Å². The number of nitrogens with zero attached hydrogens (tertiary/aromatic N) is 2. The van der Waals surface area contributed by atoms with Gasteiger partial charge < -0.3 is 19.7 Å². The predicted molar refractivity (Wildman–Crippen MR) is 67.3 cm³/mol. The first-order valence-electron chi connectivity index (χ1n) is 7.00. The van der Waals surface area contributed by atoms with Crippen molar-refractivity contribution in [2.24, 2.45) is 11.7 Å². The Morgan fingerprint density at radius 1 is 1.26 bits per heavy atom. The van der Waals surface area contributed by atoms with Crippen LogP contribution in [0.4, 0.5) is 0 Å². The molecule has 1 saturated carbocycles. The first kappa shape index (κ1) is 13.0. The Balaban J connectivity index is 1.73. The lowest BCUT2D eigenvalue weighted by Crippen LogP contribution is -2.41. The quantitative estimate of drug-likeness (QED) is 0.874. The van der Waals surface area contributed by atoms with Crippen molar-refractivity contribution in [3.8, 4) is 0 Å². The minimum absolute atomic E-state index is 0.249. The van der Waals surface area contributed by atoms with Crippen molar-refractivity contribution < 1.29 is 14.0 Å². The number of ether oxygens (including phenoxy) is 2.